The van der Waals surface area contributed by atoms with E-state index in [1.165, 1.54) is 0 Å². The van der Waals surface area contributed by atoms with Gasteiger partial charge in [-0.1, -0.05) is 23.7 Å². The molecule has 0 aliphatic heterocycles. The average Bonchev–Trinajstić information content (AvgIpc) is 3.49. The highest BCUT2D eigenvalue weighted by atomic mass is 35.5. The number of amides is 2. The molecule has 0 saturated heterocycles. The first-order valence-electron chi connectivity index (χ1n) is 9.22. The molecule has 0 heterocycles. The molecule has 2 N–H and O–H groups in total. The van der Waals surface area contributed by atoms with Crippen LogP contribution in [0.3, 0.4) is 0 Å². The predicted molar refractivity (Wildman–Crippen MR) is 106 cm³/mol. The normalized spacial score (nSPS) is 18.7. The van der Waals surface area contributed by atoms with Gasteiger partial charge in [-0.3, -0.25) is 20.4 Å². The van der Waals surface area contributed by atoms with E-state index in [2.05, 4.69) is 10.9 Å². The molecule has 6 nitrogen and oxygen atoms in total. The lowest BCUT2D eigenvalue weighted by atomic mass is 10.1. The maximum Gasteiger partial charge on any atom is 0.279 e. The van der Waals surface area contributed by atoms with E-state index < -0.39 is 12.0 Å². The van der Waals surface area contributed by atoms with Gasteiger partial charge in [-0.15, -0.1) is 0 Å². The topological polar surface area (TPSA) is 76.7 Å². The maximum atomic E-state index is 12.2. The first-order chi connectivity index (χ1) is 13.5. The molecule has 2 amide bonds. The van der Waals surface area contributed by atoms with Crippen LogP contribution >= 0.6 is 11.6 Å². The third-order valence-corrected chi connectivity index (χ3v) is 4.80. The summed E-state index contributed by atoms with van der Waals surface area (Å²) < 4.78 is 11.0. The van der Waals surface area contributed by atoms with Gasteiger partial charge in [0.2, 0.25) is 5.91 Å². The Hall–Kier alpha value is -2.73. The lowest BCUT2D eigenvalue weighted by Crippen LogP contribution is -2.47. The summed E-state index contributed by atoms with van der Waals surface area (Å²) in [6, 6.07) is 14.5. The number of carbonyl (C=O) groups is 2. The monoisotopic (exact) mass is 402 g/mol. The van der Waals surface area contributed by atoms with Crippen molar-refractivity contribution in [3.63, 3.8) is 0 Å². The number of hydrogen-bond acceptors (Lipinski definition) is 4. The molecular weight excluding hydrogens is 380 g/mol. The molecule has 1 aliphatic rings. The van der Waals surface area contributed by atoms with Crippen molar-refractivity contribution in [2.75, 3.05) is 6.61 Å². The number of rotatable bonds is 7. The first-order valence-corrected chi connectivity index (χ1v) is 9.60. The van der Waals surface area contributed by atoms with Gasteiger partial charge in [-0.2, -0.15) is 0 Å². The molecule has 2 aromatic rings. The summed E-state index contributed by atoms with van der Waals surface area (Å²) in [5.74, 6) is 0.657. The quantitative estimate of drug-likeness (QED) is 0.695. The van der Waals surface area contributed by atoms with Crippen molar-refractivity contribution >= 4 is 23.4 Å². The second-order valence-electron chi connectivity index (χ2n) is 6.64. The van der Waals surface area contributed by atoms with Crippen LogP contribution in [0.2, 0.25) is 5.02 Å². The van der Waals surface area contributed by atoms with Crippen molar-refractivity contribution in [2.24, 2.45) is 5.92 Å². The molecule has 1 aliphatic carbocycles. The Morgan fingerprint density at radius 3 is 2.36 bits per heavy atom. The number of benzene rings is 2. The highest BCUT2D eigenvalue weighted by molar-refractivity contribution is 6.30. The molecule has 1 fully saturated rings. The number of nitrogens with one attached hydrogen (secondary N) is 2. The van der Waals surface area contributed by atoms with Crippen molar-refractivity contribution in [2.45, 2.75) is 32.3 Å². The van der Waals surface area contributed by atoms with Crippen molar-refractivity contribution in [1.29, 1.82) is 0 Å². The zero-order valence-corrected chi connectivity index (χ0v) is 16.5. The Kier molecular flexibility index (Phi) is 6.41. The Balaban J connectivity index is 1.43. The summed E-state index contributed by atoms with van der Waals surface area (Å²) in [7, 11) is 0. The van der Waals surface area contributed by atoms with Crippen LogP contribution in [0, 0.1) is 5.92 Å². The number of hydrogen-bond donors (Lipinski definition) is 2. The standard InChI is InChI=1S/C21H23ClN2O4/c1-3-27-16-8-10-17(11-9-16)28-13(2)20(25)23-24-21(26)19-12-18(19)14-4-6-15(22)7-5-14/h4-11,13,18-19H,3,12H2,1-2H3,(H,23,25)(H,24,26). The van der Waals surface area contributed by atoms with E-state index >= 15 is 0 Å². The van der Waals surface area contributed by atoms with E-state index in [0.717, 1.165) is 17.7 Å². The van der Waals surface area contributed by atoms with Crippen LogP contribution in [-0.4, -0.2) is 24.5 Å². The van der Waals surface area contributed by atoms with Crippen molar-refractivity contribution in [3.8, 4) is 11.5 Å². The SMILES string of the molecule is CCOc1ccc(OC(C)C(=O)NNC(=O)C2CC2c2ccc(Cl)cc2)cc1. The summed E-state index contributed by atoms with van der Waals surface area (Å²) in [6.45, 7) is 4.11. The van der Waals surface area contributed by atoms with Crippen LogP contribution in [0.4, 0.5) is 0 Å². The molecule has 3 atom stereocenters. The van der Waals surface area contributed by atoms with E-state index in [1.807, 2.05) is 31.2 Å². The minimum absolute atomic E-state index is 0.149. The van der Waals surface area contributed by atoms with Crippen LogP contribution in [-0.2, 0) is 9.59 Å². The van der Waals surface area contributed by atoms with Gasteiger partial charge in [0, 0.05) is 10.9 Å². The van der Waals surface area contributed by atoms with Crippen LogP contribution in [0.15, 0.2) is 48.5 Å². The molecule has 0 aromatic heterocycles. The molecule has 148 valence electrons. The summed E-state index contributed by atoms with van der Waals surface area (Å²) in [5.41, 5.74) is 5.98. The molecule has 7 heteroatoms. The largest absolute Gasteiger partial charge is 0.494 e. The minimum atomic E-state index is -0.760. The zero-order chi connectivity index (χ0) is 20.1. The third kappa shape index (κ3) is 5.16. The second-order valence-corrected chi connectivity index (χ2v) is 7.08. The number of hydrazine groups is 1. The third-order valence-electron chi connectivity index (χ3n) is 4.55. The molecule has 28 heavy (non-hydrogen) atoms. The van der Waals surface area contributed by atoms with E-state index in [1.54, 1.807) is 31.2 Å². The number of ether oxygens (including phenoxy) is 2. The average molecular weight is 403 g/mol. The number of halogens is 1. The maximum absolute atomic E-state index is 12.2. The lowest BCUT2D eigenvalue weighted by Gasteiger charge is -2.15. The molecule has 1 saturated carbocycles. The van der Waals surface area contributed by atoms with E-state index in [0.29, 0.717) is 17.4 Å². The fraction of sp³-hybridized carbons (Fsp3) is 0.333. The predicted octanol–water partition coefficient (Wildman–Crippen LogP) is 3.46. The van der Waals surface area contributed by atoms with Crippen molar-refractivity contribution in [3.05, 3.63) is 59.1 Å². The molecule has 3 unspecified atom stereocenters. The Labute approximate surface area is 169 Å². The summed E-state index contributed by atoms with van der Waals surface area (Å²) >= 11 is 5.88. The fourth-order valence-electron chi connectivity index (χ4n) is 2.92. The van der Waals surface area contributed by atoms with Crippen LogP contribution in [0.25, 0.3) is 0 Å². The van der Waals surface area contributed by atoms with Gasteiger partial charge in [0.1, 0.15) is 11.5 Å². The Morgan fingerprint density at radius 1 is 1.07 bits per heavy atom. The van der Waals surface area contributed by atoms with Gasteiger partial charge in [0.15, 0.2) is 6.10 Å². The van der Waals surface area contributed by atoms with Gasteiger partial charge >= 0.3 is 0 Å². The van der Waals surface area contributed by atoms with Gasteiger partial charge in [0.05, 0.1) is 6.61 Å². The Morgan fingerprint density at radius 2 is 1.71 bits per heavy atom. The van der Waals surface area contributed by atoms with Crippen LogP contribution in [0.5, 0.6) is 11.5 Å². The molecule has 2 aromatic carbocycles. The molecule has 3 rings (SSSR count). The van der Waals surface area contributed by atoms with Crippen LogP contribution in [0.1, 0.15) is 31.7 Å². The minimum Gasteiger partial charge on any atom is -0.494 e. The fourth-order valence-corrected chi connectivity index (χ4v) is 3.05. The second kappa shape index (κ2) is 8.97. The summed E-state index contributed by atoms with van der Waals surface area (Å²) in [6.07, 6.45) is -0.00816. The first kappa shape index (κ1) is 20.0. The Bertz CT molecular complexity index is 823. The van der Waals surface area contributed by atoms with Gasteiger partial charge < -0.3 is 9.47 Å². The zero-order valence-electron chi connectivity index (χ0n) is 15.8. The van der Waals surface area contributed by atoms with E-state index in [9.17, 15) is 9.59 Å². The molecule has 0 spiro atoms. The summed E-state index contributed by atoms with van der Waals surface area (Å²) in [4.78, 5) is 24.4. The number of carbonyl (C=O) groups excluding carboxylic acids is 2. The molecule has 0 bridgehead atoms. The van der Waals surface area contributed by atoms with Gasteiger partial charge in [0.25, 0.3) is 5.91 Å². The van der Waals surface area contributed by atoms with Gasteiger partial charge in [-0.25, -0.2) is 0 Å². The molecular formula is C21H23ClN2O4. The van der Waals surface area contributed by atoms with Crippen LogP contribution < -0.4 is 20.3 Å². The smallest absolute Gasteiger partial charge is 0.279 e. The molecule has 0 radical (unpaired) electrons. The highest BCUT2D eigenvalue weighted by Gasteiger charge is 2.44. The van der Waals surface area contributed by atoms with E-state index in [4.69, 9.17) is 21.1 Å². The van der Waals surface area contributed by atoms with Gasteiger partial charge in [-0.05, 0) is 68.1 Å². The summed E-state index contributed by atoms with van der Waals surface area (Å²) in [5, 5.41) is 0.666. The lowest BCUT2D eigenvalue weighted by molar-refractivity contribution is -0.133. The van der Waals surface area contributed by atoms with Crippen molar-refractivity contribution in [1.82, 2.24) is 10.9 Å². The van der Waals surface area contributed by atoms with E-state index in [-0.39, 0.29) is 17.7 Å². The highest BCUT2D eigenvalue weighted by Crippen LogP contribution is 2.47. The van der Waals surface area contributed by atoms with Crippen molar-refractivity contribution < 1.29 is 19.1 Å².